The van der Waals surface area contributed by atoms with Gasteiger partial charge in [-0.15, -0.1) is 0 Å². The fourth-order valence-electron chi connectivity index (χ4n) is 0.479. The van der Waals surface area contributed by atoms with Crippen LogP contribution in [0.3, 0.4) is 0 Å². The van der Waals surface area contributed by atoms with Gasteiger partial charge in [-0.05, 0) is 18.6 Å². The van der Waals surface area contributed by atoms with E-state index in [1.165, 1.54) is 5.20 Å². The SMILES string of the molecule is OC(=S)C1=C([SiH3])C1. The van der Waals surface area contributed by atoms with Gasteiger partial charge in [0.1, 0.15) is 0 Å². The summed E-state index contributed by atoms with van der Waals surface area (Å²) in [4.78, 5) is 0. The van der Waals surface area contributed by atoms with E-state index in [-0.39, 0.29) is 5.05 Å². The maximum absolute atomic E-state index is 8.56. The van der Waals surface area contributed by atoms with E-state index in [9.17, 15) is 0 Å². The van der Waals surface area contributed by atoms with Gasteiger partial charge < -0.3 is 5.11 Å². The molecule has 38 valence electrons. The van der Waals surface area contributed by atoms with Crippen LogP contribution < -0.4 is 0 Å². The molecule has 1 aliphatic carbocycles. The van der Waals surface area contributed by atoms with Crippen molar-refractivity contribution in [2.24, 2.45) is 0 Å². The quantitative estimate of drug-likeness (QED) is 0.395. The summed E-state index contributed by atoms with van der Waals surface area (Å²) in [6.07, 6.45) is 0.988. The van der Waals surface area contributed by atoms with E-state index < -0.39 is 0 Å². The Morgan fingerprint density at radius 3 is 2.29 bits per heavy atom. The van der Waals surface area contributed by atoms with E-state index in [0.717, 1.165) is 22.2 Å². The molecule has 0 spiro atoms. The van der Waals surface area contributed by atoms with Crippen molar-refractivity contribution < 1.29 is 5.11 Å². The zero-order valence-electron chi connectivity index (χ0n) is 4.06. The molecule has 0 saturated heterocycles. The summed E-state index contributed by atoms with van der Waals surface area (Å²) in [5.74, 6) is 0. The molecule has 0 aromatic heterocycles. The van der Waals surface area contributed by atoms with E-state index in [4.69, 9.17) is 5.11 Å². The van der Waals surface area contributed by atoms with Crippen molar-refractivity contribution in [2.75, 3.05) is 0 Å². The average molecular weight is 130 g/mol. The number of hydrogen-bond acceptors (Lipinski definition) is 1. The molecular weight excluding hydrogens is 124 g/mol. The van der Waals surface area contributed by atoms with E-state index in [0.29, 0.717) is 0 Å². The zero-order valence-corrected chi connectivity index (χ0v) is 6.88. The Balaban J connectivity index is 2.62. The highest BCUT2D eigenvalue weighted by Crippen LogP contribution is 2.27. The van der Waals surface area contributed by atoms with Gasteiger partial charge in [-0.2, -0.15) is 0 Å². The van der Waals surface area contributed by atoms with Gasteiger partial charge in [0.2, 0.25) is 0 Å². The van der Waals surface area contributed by atoms with Gasteiger partial charge in [-0.3, -0.25) is 0 Å². The molecule has 0 radical (unpaired) electrons. The highest BCUT2D eigenvalue weighted by Gasteiger charge is 2.19. The van der Waals surface area contributed by atoms with Gasteiger partial charge in [-0.25, -0.2) is 0 Å². The van der Waals surface area contributed by atoms with Gasteiger partial charge in [0.25, 0.3) is 0 Å². The fourth-order valence-corrected chi connectivity index (χ4v) is 1.50. The average Bonchev–Trinajstić information content (AvgIpc) is 2.17. The van der Waals surface area contributed by atoms with Crippen molar-refractivity contribution in [3.63, 3.8) is 0 Å². The third-order valence-corrected chi connectivity index (χ3v) is 2.29. The first-order chi connectivity index (χ1) is 3.22. The molecule has 0 bridgehead atoms. The van der Waals surface area contributed by atoms with Gasteiger partial charge in [0.15, 0.2) is 5.05 Å². The number of aliphatic hydroxyl groups excluding tert-OH is 1. The summed E-state index contributed by atoms with van der Waals surface area (Å²) in [6, 6.07) is 0. The molecule has 7 heavy (non-hydrogen) atoms. The van der Waals surface area contributed by atoms with Crippen molar-refractivity contribution in [1.82, 2.24) is 0 Å². The van der Waals surface area contributed by atoms with Crippen LogP contribution in [0.25, 0.3) is 0 Å². The first kappa shape index (κ1) is 4.99. The molecule has 0 fully saturated rings. The molecule has 1 N–H and O–H groups in total. The maximum Gasteiger partial charge on any atom is 0.184 e. The van der Waals surface area contributed by atoms with Crippen LogP contribution in [0.1, 0.15) is 6.42 Å². The number of allylic oxidation sites excluding steroid dienone is 1. The molecule has 1 aliphatic rings. The lowest BCUT2D eigenvalue weighted by molar-refractivity contribution is 0.571. The summed E-state index contributed by atoms with van der Waals surface area (Å²) in [6.45, 7) is 0. The summed E-state index contributed by atoms with van der Waals surface area (Å²) in [5, 5.41) is 10.0. The predicted molar refractivity (Wildman–Crippen MR) is 36.8 cm³/mol. The minimum absolute atomic E-state index is 0.116. The Morgan fingerprint density at radius 1 is 1.86 bits per heavy atom. The fraction of sp³-hybridized carbons (Fsp3) is 0.250. The molecule has 1 nitrogen and oxygen atoms in total. The van der Waals surface area contributed by atoms with Crippen LogP contribution >= 0.6 is 12.2 Å². The second kappa shape index (κ2) is 1.42. The maximum atomic E-state index is 8.56. The second-order valence-corrected chi connectivity index (χ2v) is 3.33. The van der Waals surface area contributed by atoms with Crippen LogP contribution in [0.4, 0.5) is 0 Å². The van der Waals surface area contributed by atoms with Crippen LogP contribution in [0.5, 0.6) is 0 Å². The summed E-state index contributed by atoms with van der Waals surface area (Å²) in [7, 11) is 1.07. The molecule has 0 aliphatic heterocycles. The highest BCUT2D eigenvalue weighted by atomic mass is 32.1. The topological polar surface area (TPSA) is 20.2 Å². The zero-order chi connectivity index (χ0) is 5.44. The molecule has 0 aromatic rings. The highest BCUT2D eigenvalue weighted by molar-refractivity contribution is 7.80. The molecule has 0 aromatic carbocycles. The Hall–Kier alpha value is -0.153. The molecule has 0 atom stereocenters. The van der Waals surface area contributed by atoms with Gasteiger partial charge in [0.05, 0.1) is 0 Å². The molecule has 0 saturated carbocycles. The Labute approximate surface area is 50.5 Å². The van der Waals surface area contributed by atoms with E-state index in [1.54, 1.807) is 0 Å². The van der Waals surface area contributed by atoms with E-state index in [1.807, 2.05) is 0 Å². The van der Waals surface area contributed by atoms with Gasteiger partial charge in [-0.1, -0.05) is 5.20 Å². The summed E-state index contributed by atoms with van der Waals surface area (Å²) in [5.41, 5.74) is 1.03. The van der Waals surface area contributed by atoms with Crippen molar-refractivity contribution in [2.45, 2.75) is 6.42 Å². The normalized spacial score (nSPS) is 17.7. The standard InChI is InChI=1S/C4H6OSSi/c5-4(6)2-1-3(2)7/h1H2,7H3,(H,5,6). The van der Waals surface area contributed by atoms with Crippen molar-refractivity contribution in [1.29, 1.82) is 0 Å². The first-order valence-electron chi connectivity index (χ1n) is 2.13. The summed E-state index contributed by atoms with van der Waals surface area (Å²) >= 11 is 4.48. The predicted octanol–water partition coefficient (Wildman–Crippen LogP) is -0.105. The van der Waals surface area contributed by atoms with E-state index in [2.05, 4.69) is 12.2 Å². The van der Waals surface area contributed by atoms with Crippen LogP contribution in [-0.4, -0.2) is 20.4 Å². The lowest BCUT2D eigenvalue weighted by atomic mass is 10.5. The Kier molecular flexibility index (Phi) is 1.01. The smallest absolute Gasteiger partial charge is 0.184 e. The first-order valence-corrected chi connectivity index (χ1v) is 3.54. The number of hydrogen-bond donors (Lipinski definition) is 1. The third-order valence-electron chi connectivity index (χ3n) is 1.09. The number of rotatable bonds is 1. The molecule has 0 heterocycles. The van der Waals surface area contributed by atoms with E-state index >= 15 is 0 Å². The third kappa shape index (κ3) is 0.892. The van der Waals surface area contributed by atoms with Gasteiger partial charge in [0, 0.05) is 15.8 Å². The minimum atomic E-state index is 0.116. The largest absolute Gasteiger partial charge is 0.499 e. The van der Waals surface area contributed by atoms with Crippen molar-refractivity contribution in [3.05, 3.63) is 10.8 Å². The molecule has 1 rings (SSSR count). The van der Waals surface area contributed by atoms with Crippen molar-refractivity contribution in [3.8, 4) is 0 Å². The summed E-state index contributed by atoms with van der Waals surface area (Å²) < 4.78 is 0. The van der Waals surface area contributed by atoms with Crippen LogP contribution in [0, 0.1) is 0 Å². The van der Waals surface area contributed by atoms with Crippen LogP contribution in [-0.2, 0) is 0 Å². The second-order valence-electron chi connectivity index (χ2n) is 1.74. The molecule has 0 unspecified atom stereocenters. The Morgan fingerprint density at radius 2 is 2.29 bits per heavy atom. The Bertz CT molecular complexity index is 144. The van der Waals surface area contributed by atoms with Gasteiger partial charge >= 0.3 is 0 Å². The molecule has 3 heteroatoms. The lowest BCUT2D eigenvalue weighted by Gasteiger charge is -1.76. The molecule has 0 amide bonds. The van der Waals surface area contributed by atoms with Crippen LogP contribution in [0.2, 0.25) is 0 Å². The van der Waals surface area contributed by atoms with Crippen molar-refractivity contribution >= 4 is 27.5 Å². The minimum Gasteiger partial charge on any atom is -0.499 e. The lowest BCUT2D eigenvalue weighted by Crippen LogP contribution is -1.83. The van der Waals surface area contributed by atoms with Crippen LogP contribution in [0.15, 0.2) is 10.8 Å². The number of thiocarbonyl (C=S) groups is 1. The monoisotopic (exact) mass is 130 g/mol. The molecular formula is C4H6OSSi. The number of aliphatic hydroxyl groups is 1.